The van der Waals surface area contributed by atoms with Crippen LogP contribution >= 0.6 is 0 Å². The lowest BCUT2D eigenvalue weighted by molar-refractivity contribution is 0.0933. The molecule has 0 fully saturated rings. The Morgan fingerprint density at radius 1 is 1.39 bits per heavy atom. The van der Waals surface area contributed by atoms with E-state index in [0.717, 1.165) is 5.56 Å². The SMILES string of the molecule is Cc1ccc(C(=O)NCC(C)C(C)(C)C)c(F)c1. The van der Waals surface area contributed by atoms with E-state index in [0.29, 0.717) is 12.5 Å². The zero-order chi connectivity index (χ0) is 13.9. The van der Waals surface area contributed by atoms with E-state index in [1.807, 2.05) is 0 Å². The average molecular weight is 251 g/mol. The molecular formula is C15H22FNO. The summed E-state index contributed by atoms with van der Waals surface area (Å²) in [5.41, 5.74) is 1.05. The van der Waals surface area contributed by atoms with Crippen molar-refractivity contribution in [2.75, 3.05) is 6.54 Å². The third-order valence-electron chi connectivity index (χ3n) is 3.42. The van der Waals surface area contributed by atoms with Gasteiger partial charge >= 0.3 is 0 Å². The van der Waals surface area contributed by atoms with E-state index in [-0.39, 0.29) is 16.9 Å². The normalized spacial score (nSPS) is 13.2. The Kier molecular flexibility index (Phi) is 4.49. The van der Waals surface area contributed by atoms with Crippen LogP contribution in [0.15, 0.2) is 18.2 Å². The van der Waals surface area contributed by atoms with Gasteiger partial charge in [-0.2, -0.15) is 0 Å². The third-order valence-corrected chi connectivity index (χ3v) is 3.42. The average Bonchev–Trinajstić information content (AvgIpc) is 2.24. The first-order valence-electron chi connectivity index (χ1n) is 6.26. The van der Waals surface area contributed by atoms with Crippen LogP contribution in [0, 0.1) is 24.1 Å². The van der Waals surface area contributed by atoms with Crippen LogP contribution in [-0.4, -0.2) is 12.5 Å². The van der Waals surface area contributed by atoms with Gasteiger partial charge in [-0.15, -0.1) is 0 Å². The Morgan fingerprint density at radius 2 is 2.00 bits per heavy atom. The maximum Gasteiger partial charge on any atom is 0.254 e. The molecule has 1 aromatic rings. The van der Waals surface area contributed by atoms with Crippen molar-refractivity contribution in [3.05, 3.63) is 35.1 Å². The van der Waals surface area contributed by atoms with Gasteiger partial charge in [0, 0.05) is 6.54 Å². The van der Waals surface area contributed by atoms with Crippen LogP contribution in [0.4, 0.5) is 4.39 Å². The van der Waals surface area contributed by atoms with Crippen LogP contribution in [0.5, 0.6) is 0 Å². The van der Waals surface area contributed by atoms with E-state index in [2.05, 4.69) is 33.0 Å². The summed E-state index contributed by atoms with van der Waals surface area (Å²) in [7, 11) is 0. The minimum absolute atomic E-state index is 0.113. The van der Waals surface area contributed by atoms with Gasteiger partial charge in [-0.1, -0.05) is 33.8 Å². The Balaban J connectivity index is 2.66. The molecule has 1 rings (SSSR count). The molecule has 0 saturated carbocycles. The van der Waals surface area contributed by atoms with Crippen molar-refractivity contribution in [3.8, 4) is 0 Å². The topological polar surface area (TPSA) is 29.1 Å². The predicted octanol–water partition coefficient (Wildman–Crippen LogP) is 3.55. The molecule has 1 unspecified atom stereocenters. The van der Waals surface area contributed by atoms with Crippen molar-refractivity contribution < 1.29 is 9.18 Å². The van der Waals surface area contributed by atoms with E-state index < -0.39 is 5.82 Å². The highest BCUT2D eigenvalue weighted by atomic mass is 19.1. The smallest absolute Gasteiger partial charge is 0.254 e. The number of carbonyl (C=O) groups excluding carboxylic acids is 1. The van der Waals surface area contributed by atoms with Gasteiger partial charge in [0.1, 0.15) is 5.82 Å². The van der Waals surface area contributed by atoms with Gasteiger partial charge in [-0.05, 0) is 36.0 Å². The standard InChI is InChI=1S/C15H22FNO/c1-10-6-7-12(13(16)8-10)14(18)17-9-11(2)15(3,4)5/h6-8,11H,9H2,1-5H3,(H,17,18). The summed E-state index contributed by atoms with van der Waals surface area (Å²) in [6.45, 7) is 10.8. The summed E-state index contributed by atoms with van der Waals surface area (Å²) in [5, 5.41) is 2.79. The fraction of sp³-hybridized carbons (Fsp3) is 0.533. The number of rotatable bonds is 3. The number of hydrogen-bond acceptors (Lipinski definition) is 1. The van der Waals surface area contributed by atoms with Crippen LogP contribution in [0.3, 0.4) is 0 Å². The Morgan fingerprint density at radius 3 is 2.50 bits per heavy atom. The van der Waals surface area contributed by atoms with Gasteiger partial charge in [0.15, 0.2) is 0 Å². The molecule has 3 heteroatoms. The molecule has 1 aromatic carbocycles. The number of hydrogen-bond donors (Lipinski definition) is 1. The van der Waals surface area contributed by atoms with Gasteiger partial charge in [0.05, 0.1) is 5.56 Å². The van der Waals surface area contributed by atoms with E-state index in [9.17, 15) is 9.18 Å². The lowest BCUT2D eigenvalue weighted by atomic mass is 9.82. The van der Waals surface area contributed by atoms with E-state index in [1.165, 1.54) is 12.1 Å². The van der Waals surface area contributed by atoms with Crippen molar-refractivity contribution in [2.24, 2.45) is 11.3 Å². The summed E-state index contributed by atoms with van der Waals surface area (Å²) in [5.74, 6) is -0.477. The minimum atomic E-state index is -0.462. The summed E-state index contributed by atoms with van der Waals surface area (Å²) < 4.78 is 13.6. The fourth-order valence-corrected chi connectivity index (χ4v) is 1.45. The second-order valence-corrected chi connectivity index (χ2v) is 5.96. The summed E-state index contributed by atoms with van der Waals surface area (Å²) >= 11 is 0. The van der Waals surface area contributed by atoms with Crippen LogP contribution < -0.4 is 5.32 Å². The van der Waals surface area contributed by atoms with Crippen LogP contribution in [0.2, 0.25) is 0 Å². The molecule has 0 spiro atoms. The highest BCUT2D eigenvalue weighted by Gasteiger charge is 2.21. The second kappa shape index (κ2) is 5.51. The molecular weight excluding hydrogens is 229 g/mol. The van der Waals surface area contributed by atoms with Crippen molar-refractivity contribution >= 4 is 5.91 Å². The Labute approximate surface area is 109 Å². The van der Waals surface area contributed by atoms with Crippen molar-refractivity contribution in [1.82, 2.24) is 5.32 Å². The molecule has 100 valence electrons. The first-order chi connectivity index (χ1) is 8.21. The van der Waals surface area contributed by atoms with E-state index in [1.54, 1.807) is 13.0 Å². The van der Waals surface area contributed by atoms with Gasteiger partial charge in [0.25, 0.3) is 5.91 Å². The summed E-state index contributed by atoms with van der Waals surface area (Å²) in [4.78, 5) is 11.9. The van der Waals surface area contributed by atoms with Crippen LogP contribution in [0.25, 0.3) is 0 Å². The first kappa shape index (κ1) is 14.7. The molecule has 1 N–H and O–H groups in total. The molecule has 0 heterocycles. The summed E-state index contributed by atoms with van der Waals surface area (Å²) in [6.07, 6.45) is 0. The zero-order valence-corrected chi connectivity index (χ0v) is 11.8. The summed E-state index contributed by atoms with van der Waals surface area (Å²) in [6, 6.07) is 4.65. The molecule has 0 aromatic heterocycles. The molecule has 1 amide bonds. The monoisotopic (exact) mass is 251 g/mol. The van der Waals surface area contributed by atoms with E-state index >= 15 is 0 Å². The van der Waals surface area contributed by atoms with E-state index in [4.69, 9.17) is 0 Å². The van der Waals surface area contributed by atoms with Crippen LogP contribution in [-0.2, 0) is 0 Å². The Hall–Kier alpha value is -1.38. The molecule has 0 aliphatic carbocycles. The molecule has 0 aliphatic heterocycles. The van der Waals surface area contributed by atoms with Crippen molar-refractivity contribution in [3.63, 3.8) is 0 Å². The number of carbonyl (C=O) groups is 1. The maximum atomic E-state index is 13.6. The van der Waals surface area contributed by atoms with Crippen LogP contribution in [0.1, 0.15) is 43.6 Å². The quantitative estimate of drug-likeness (QED) is 0.874. The number of halogens is 1. The van der Waals surface area contributed by atoms with Crippen molar-refractivity contribution in [1.29, 1.82) is 0 Å². The van der Waals surface area contributed by atoms with Gasteiger partial charge in [0.2, 0.25) is 0 Å². The number of nitrogens with one attached hydrogen (secondary N) is 1. The number of amides is 1. The zero-order valence-electron chi connectivity index (χ0n) is 11.8. The lowest BCUT2D eigenvalue weighted by Gasteiger charge is -2.27. The molecule has 18 heavy (non-hydrogen) atoms. The fourth-order valence-electron chi connectivity index (χ4n) is 1.45. The predicted molar refractivity (Wildman–Crippen MR) is 72.1 cm³/mol. The maximum absolute atomic E-state index is 13.6. The lowest BCUT2D eigenvalue weighted by Crippen LogP contribution is -2.34. The highest BCUT2D eigenvalue weighted by molar-refractivity contribution is 5.94. The molecule has 2 nitrogen and oxygen atoms in total. The largest absolute Gasteiger partial charge is 0.352 e. The second-order valence-electron chi connectivity index (χ2n) is 5.96. The van der Waals surface area contributed by atoms with Crippen molar-refractivity contribution in [2.45, 2.75) is 34.6 Å². The molecule has 1 atom stereocenters. The minimum Gasteiger partial charge on any atom is -0.352 e. The molecule has 0 bridgehead atoms. The van der Waals surface area contributed by atoms with Gasteiger partial charge < -0.3 is 5.32 Å². The molecule has 0 aliphatic rings. The third kappa shape index (κ3) is 3.83. The van der Waals surface area contributed by atoms with Gasteiger partial charge in [-0.3, -0.25) is 4.79 Å². The molecule has 0 saturated heterocycles. The first-order valence-corrected chi connectivity index (χ1v) is 6.26. The number of benzene rings is 1. The number of aryl methyl sites for hydroxylation is 1. The molecule has 0 radical (unpaired) electrons. The van der Waals surface area contributed by atoms with Gasteiger partial charge in [-0.25, -0.2) is 4.39 Å². The Bertz CT molecular complexity index is 435. The highest BCUT2D eigenvalue weighted by Crippen LogP contribution is 2.24.